The van der Waals surface area contributed by atoms with E-state index in [0.29, 0.717) is 26.3 Å². The molecule has 1 saturated carbocycles. The van der Waals surface area contributed by atoms with Crippen molar-refractivity contribution in [1.29, 1.82) is 0 Å². The van der Waals surface area contributed by atoms with Crippen LogP contribution in [0.1, 0.15) is 19.3 Å². The number of carbonyl (C=O) groups excluding carboxylic acids is 1. The fourth-order valence-electron chi connectivity index (χ4n) is 2.39. The van der Waals surface area contributed by atoms with E-state index in [0.717, 1.165) is 12.8 Å². The second kappa shape index (κ2) is 6.74. The van der Waals surface area contributed by atoms with Crippen LogP contribution in [0, 0.1) is 11.8 Å². The minimum Gasteiger partial charge on any atom is -0.481 e. The van der Waals surface area contributed by atoms with Gasteiger partial charge in [0.1, 0.15) is 0 Å². The Balaban J connectivity index is 1.91. The summed E-state index contributed by atoms with van der Waals surface area (Å²) in [5, 5.41) is 9.17. The first-order valence-electron chi connectivity index (χ1n) is 7.16. The third-order valence-corrected chi connectivity index (χ3v) is 5.67. The van der Waals surface area contributed by atoms with E-state index < -0.39 is 27.5 Å². The molecule has 0 spiro atoms. The van der Waals surface area contributed by atoms with Crippen molar-refractivity contribution in [1.82, 2.24) is 4.90 Å². The Labute approximate surface area is 124 Å². The van der Waals surface area contributed by atoms with Crippen LogP contribution in [0.5, 0.6) is 0 Å². The second-order valence-corrected chi connectivity index (χ2v) is 7.91. The quantitative estimate of drug-likeness (QED) is 0.695. The van der Waals surface area contributed by atoms with Crippen molar-refractivity contribution in [2.45, 2.75) is 19.3 Å². The third kappa shape index (κ3) is 5.28. The molecule has 2 rings (SSSR count). The lowest BCUT2D eigenvalue weighted by molar-refractivity contribution is -0.146. The molecular weight excluding hydrogens is 298 g/mol. The standard InChI is InChI=1S/C13H21NO6S/c15-12(14-3-5-20-6-4-14)7-11(13(16)17)9-21(18,19)8-10-1-2-10/h10-11H,1-9H2,(H,16,17)/t11-/m1/s1. The minimum absolute atomic E-state index is 0.0442. The molecule has 0 bridgehead atoms. The number of hydrogen-bond donors (Lipinski definition) is 1. The van der Waals surface area contributed by atoms with Gasteiger partial charge >= 0.3 is 5.97 Å². The summed E-state index contributed by atoms with van der Waals surface area (Å²) >= 11 is 0. The van der Waals surface area contributed by atoms with Gasteiger partial charge in [0.25, 0.3) is 0 Å². The van der Waals surface area contributed by atoms with Crippen LogP contribution in [0.2, 0.25) is 0 Å². The van der Waals surface area contributed by atoms with Gasteiger partial charge in [-0.05, 0) is 18.8 Å². The number of sulfone groups is 1. The number of carboxylic acids is 1. The summed E-state index contributed by atoms with van der Waals surface area (Å²) < 4.78 is 29.0. The number of carboxylic acid groups (broad SMARTS) is 1. The minimum atomic E-state index is -3.42. The number of aliphatic carboxylic acids is 1. The molecule has 1 heterocycles. The Bertz CT molecular complexity index is 493. The lowest BCUT2D eigenvalue weighted by Crippen LogP contribution is -2.42. The molecule has 0 aromatic carbocycles. The van der Waals surface area contributed by atoms with Crippen molar-refractivity contribution in [3.8, 4) is 0 Å². The van der Waals surface area contributed by atoms with E-state index in [1.807, 2.05) is 0 Å². The molecule has 7 nitrogen and oxygen atoms in total. The molecule has 21 heavy (non-hydrogen) atoms. The van der Waals surface area contributed by atoms with Crippen LogP contribution >= 0.6 is 0 Å². The Morgan fingerprint density at radius 3 is 2.38 bits per heavy atom. The first-order valence-corrected chi connectivity index (χ1v) is 8.98. The topological polar surface area (TPSA) is 101 Å². The maximum Gasteiger partial charge on any atom is 0.308 e. The fourth-order valence-corrected chi connectivity index (χ4v) is 4.45. The zero-order chi connectivity index (χ0) is 15.5. The summed E-state index contributed by atoms with van der Waals surface area (Å²) in [5.41, 5.74) is 0. The highest BCUT2D eigenvalue weighted by Gasteiger charge is 2.33. The molecule has 1 aliphatic carbocycles. The molecule has 2 fully saturated rings. The van der Waals surface area contributed by atoms with Crippen molar-refractivity contribution < 1.29 is 27.9 Å². The van der Waals surface area contributed by atoms with Crippen molar-refractivity contribution in [2.24, 2.45) is 11.8 Å². The predicted octanol–water partition coefficient (Wildman–Crippen LogP) is -0.239. The molecule has 1 amide bonds. The van der Waals surface area contributed by atoms with Gasteiger partial charge in [-0.3, -0.25) is 9.59 Å². The van der Waals surface area contributed by atoms with E-state index in [1.165, 1.54) is 4.90 Å². The zero-order valence-electron chi connectivity index (χ0n) is 11.9. The molecule has 1 N–H and O–H groups in total. The van der Waals surface area contributed by atoms with Crippen molar-refractivity contribution >= 4 is 21.7 Å². The van der Waals surface area contributed by atoms with Crippen LogP contribution in [0.25, 0.3) is 0 Å². The van der Waals surface area contributed by atoms with Crippen LogP contribution in [0.4, 0.5) is 0 Å². The highest BCUT2D eigenvalue weighted by Crippen LogP contribution is 2.31. The largest absolute Gasteiger partial charge is 0.481 e. The zero-order valence-corrected chi connectivity index (χ0v) is 12.7. The lowest BCUT2D eigenvalue weighted by atomic mass is 10.1. The Hall–Kier alpha value is -1.15. The van der Waals surface area contributed by atoms with E-state index in [9.17, 15) is 23.1 Å². The summed E-state index contributed by atoms with van der Waals surface area (Å²) in [5.74, 6) is -2.93. The van der Waals surface area contributed by atoms with E-state index in [-0.39, 0.29) is 24.0 Å². The predicted molar refractivity (Wildman–Crippen MR) is 74.5 cm³/mol. The van der Waals surface area contributed by atoms with Gasteiger partial charge < -0.3 is 14.7 Å². The molecule has 0 aromatic heterocycles. The SMILES string of the molecule is O=C(O)[C@H](CC(=O)N1CCOCC1)CS(=O)(=O)CC1CC1. The van der Waals surface area contributed by atoms with Crippen LogP contribution in [0.3, 0.4) is 0 Å². The van der Waals surface area contributed by atoms with E-state index in [2.05, 4.69) is 0 Å². The number of morpholine rings is 1. The Morgan fingerprint density at radius 1 is 1.24 bits per heavy atom. The van der Waals surface area contributed by atoms with Gasteiger partial charge in [0.05, 0.1) is 30.6 Å². The molecule has 2 aliphatic rings. The highest BCUT2D eigenvalue weighted by molar-refractivity contribution is 7.91. The summed E-state index contributed by atoms with van der Waals surface area (Å²) in [7, 11) is -3.42. The number of nitrogens with zero attached hydrogens (tertiary/aromatic N) is 1. The van der Waals surface area contributed by atoms with Gasteiger partial charge in [-0.15, -0.1) is 0 Å². The first kappa shape index (κ1) is 16.2. The molecule has 0 aromatic rings. The monoisotopic (exact) mass is 319 g/mol. The maximum atomic E-state index is 12.0. The number of ether oxygens (including phenoxy) is 1. The van der Waals surface area contributed by atoms with Gasteiger partial charge in [0, 0.05) is 19.5 Å². The van der Waals surface area contributed by atoms with Gasteiger partial charge in [-0.1, -0.05) is 0 Å². The number of rotatable bonds is 7. The molecular formula is C13H21NO6S. The first-order chi connectivity index (χ1) is 9.87. The summed E-state index contributed by atoms with van der Waals surface area (Å²) in [6.07, 6.45) is 1.52. The molecule has 120 valence electrons. The summed E-state index contributed by atoms with van der Waals surface area (Å²) in [6, 6.07) is 0. The van der Waals surface area contributed by atoms with E-state index >= 15 is 0 Å². The summed E-state index contributed by atoms with van der Waals surface area (Å²) in [4.78, 5) is 24.8. The maximum absolute atomic E-state index is 12.0. The molecule has 0 unspecified atom stereocenters. The molecule has 8 heteroatoms. The Morgan fingerprint density at radius 2 is 1.86 bits per heavy atom. The van der Waals surface area contributed by atoms with Gasteiger partial charge in [0.15, 0.2) is 9.84 Å². The van der Waals surface area contributed by atoms with Crippen molar-refractivity contribution in [3.63, 3.8) is 0 Å². The average Bonchev–Trinajstić information content (AvgIpc) is 3.21. The van der Waals surface area contributed by atoms with E-state index in [4.69, 9.17) is 4.74 Å². The van der Waals surface area contributed by atoms with Gasteiger partial charge in [0.2, 0.25) is 5.91 Å². The third-order valence-electron chi connectivity index (χ3n) is 3.78. The van der Waals surface area contributed by atoms with E-state index in [1.54, 1.807) is 0 Å². The van der Waals surface area contributed by atoms with Crippen LogP contribution < -0.4 is 0 Å². The van der Waals surface area contributed by atoms with Crippen LogP contribution in [-0.2, 0) is 24.2 Å². The van der Waals surface area contributed by atoms with Crippen molar-refractivity contribution in [3.05, 3.63) is 0 Å². The molecule has 1 saturated heterocycles. The number of amides is 1. The normalized spacial score (nSPS) is 21.0. The lowest BCUT2D eigenvalue weighted by Gasteiger charge is -2.27. The van der Waals surface area contributed by atoms with Gasteiger partial charge in [-0.25, -0.2) is 8.42 Å². The van der Waals surface area contributed by atoms with Crippen molar-refractivity contribution in [2.75, 3.05) is 37.8 Å². The fraction of sp³-hybridized carbons (Fsp3) is 0.846. The molecule has 1 aliphatic heterocycles. The molecule has 1 atom stereocenters. The van der Waals surface area contributed by atoms with Gasteiger partial charge in [-0.2, -0.15) is 0 Å². The number of carbonyl (C=O) groups is 2. The highest BCUT2D eigenvalue weighted by atomic mass is 32.2. The Kier molecular flexibility index (Phi) is 5.21. The average molecular weight is 319 g/mol. The van der Waals surface area contributed by atoms with Crippen LogP contribution in [-0.4, -0.2) is 68.1 Å². The number of hydrogen-bond acceptors (Lipinski definition) is 5. The second-order valence-electron chi connectivity index (χ2n) is 5.75. The smallest absolute Gasteiger partial charge is 0.308 e. The van der Waals surface area contributed by atoms with Crippen LogP contribution in [0.15, 0.2) is 0 Å². The summed E-state index contributed by atoms with van der Waals surface area (Å²) in [6.45, 7) is 1.73. The molecule has 0 radical (unpaired) electrons.